The van der Waals surface area contributed by atoms with Crippen LogP contribution in [0, 0.1) is 5.41 Å². The Balaban J connectivity index is 0.00000338. The van der Waals surface area contributed by atoms with E-state index in [1.165, 1.54) is 0 Å². The van der Waals surface area contributed by atoms with Gasteiger partial charge in [-0.2, -0.15) is 0 Å². The van der Waals surface area contributed by atoms with Crippen LogP contribution < -0.4 is 24.8 Å². The number of halogens is 1. The SMILES string of the molecule is COCC1(C(=O)NCc2ccc(OC)c(OC)c2OC)CCNCC1.Cl. The quantitative estimate of drug-likeness (QED) is 0.706. The Morgan fingerprint density at radius 3 is 2.27 bits per heavy atom. The predicted molar refractivity (Wildman–Crippen MR) is 102 cm³/mol. The molecule has 148 valence electrons. The first-order chi connectivity index (χ1) is 12.1. The van der Waals surface area contributed by atoms with Crippen molar-refractivity contribution in [2.75, 3.05) is 48.1 Å². The number of carbonyl (C=O) groups is 1. The summed E-state index contributed by atoms with van der Waals surface area (Å²) in [7, 11) is 6.34. The van der Waals surface area contributed by atoms with E-state index in [-0.39, 0.29) is 18.3 Å². The maximum absolute atomic E-state index is 12.8. The molecule has 0 aliphatic carbocycles. The number of hydrogen-bond donors (Lipinski definition) is 2. The Morgan fingerprint density at radius 2 is 1.73 bits per heavy atom. The highest BCUT2D eigenvalue weighted by atomic mass is 35.5. The molecule has 2 rings (SSSR count). The lowest BCUT2D eigenvalue weighted by Gasteiger charge is -2.35. The van der Waals surface area contributed by atoms with Crippen molar-refractivity contribution in [3.05, 3.63) is 17.7 Å². The highest BCUT2D eigenvalue weighted by Crippen LogP contribution is 2.39. The van der Waals surface area contributed by atoms with E-state index in [1.807, 2.05) is 6.07 Å². The van der Waals surface area contributed by atoms with Gasteiger partial charge in [-0.05, 0) is 38.1 Å². The molecule has 1 aliphatic heterocycles. The first kappa shape index (κ1) is 22.3. The van der Waals surface area contributed by atoms with Crippen LogP contribution >= 0.6 is 12.4 Å². The van der Waals surface area contributed by atoms with Gasteiger partial charge in [0.15, 0.2) is 11.5 Å². The zero-order valence-electron chi connectivity index (χ0n) is 15.8. The van der Waals surface area contributed by atoms with Gasteiger partial charge in [-0.1, -0.05) is 0 Å². The molecule has 1 aliphatic rings. The average molecular weight is 389 g/mol. The smallest absolute Gasteiger partial charge is 0.228 e. The summed E-state index contributed by atoms with van der Waals surface area (Å²) in [4.78, 5) is 12.8. The van der Waals surface area contributed by atoms with Gasteiger partial charge < -0.3 is 29.6 Å². The summed E-state index contributed by atoms with van der Waals surface area (Å²) in [6, 6.07) is 3.67. The first-order valence-corrected chi connectivity index (χ1v) is 8.37. The summed E-state index contributed by atoms with van der Waals surface area (Å²) < 4.78 is 21.5. The van der Waals surface area contributed by atoms with Gasteiger partial charge >= 0.3 is 0 Å². The molecular formula is C18H29ClN2O5. The highest BCUT2D eigenvalue weighted by molar-refractivity contribution is 5.85. The molecule has 0 bridgehead atoms. The van der Waals surface area contributed by atoms with E-state index in [0.29, 0.717) is 30.4 Å². The van der Waals surface area contributed by atoms with Crippen molar-refractivity contribution >= 4 is 18.3 Å². The van der Waals surface area contributed by atoms with Gasteiger partial charge in [-0.15, -0.1) is 12.4 Å². The molecule has 0 radical (unpaired) electrons. The fourth-order valence-corrected chi connectivity index (χ4v) is 3.28. The van der Waals surface area contributed by atoms with Crippen LogP contribution in [0.5, 0.6) is 17.2 Å². The zero-order chi connectivity index (χ0) is 18.3. The van der Waals surface area contributed by atoms with Crippen molar-refractivity contribution < 1.29 is 23.7 Å². The lowest BCUT2D eigenvalue weighted by atomic mass is 9.78. The van der Waals surface area contributed by atoms with Gasteiger partial charge in [0.05, 0.1) is 33.4 Å². The number of rotatable bonds is 8. The molecule has 26 heavy (non-hydrogen) atoms. The van der Waals surface area contributed by atoms with Crippen LogP contribution in [-0.2, 0) is 16.1 Å². The third-order valence-electron chi connectivity index (χ3n) is 4.69. The fraction of sp³-hybridized carbons (Fsp3) is 0.611. The summed E-state index contributed by atoms with van der Waals surface area (Å²) in [5.41, 5.74) is 0.346. The summed E-state index contributed by atoms with van der Waals surface area (Å²) >= 11 is 0. The monoisotopic (exact) mass is 388 g/mol. The zero-order valence-corrected chi connectivity index (χ0v) is 16.7. The number of amides is 1. The maximum Gasteiger partial charge on any atom is 0.228 e. The van der Waals surface area contributed by atoms with E-state index in [0.717, 1.165) is 31.5 Å². The van der Waals surface area contributed by atoms with Crippen molar-refractivity contribution in [2.45, 2.75) is 19.4 Å². The summed E-state index contributed by atoms with van der Waals surface area (Å²) in [5.74, 6) is 1.68. The van der Waals surface area contributed by atoms with Crippen molar-refractivity contribution in [3.63, 3.8) is 0 Å². The van der Waals surface area contributed by atoms with Gasteiger partial charge in [0.25, 0.3) is 0 Å². The van der Waals surface area contributed by atoms with E-state index < -0.39 is 5.41 Å². The Labute approximate surface area is 161 Å². The molecule has 0 spiro atoms. The van der Waals surface area contributed by atoms with Crippen molar-refractivity contribution in [2.24, 2.45) is 5.41 Å². The lowest BCUT2D eigenvalue weighted by Crippen LogP contribution is -2.50. The topological polar surface area (TPSA) is 78.1 Å². The van der Waals surface area contributed by atoms with Crippen LogP contribution in [0.1, 0.15) is 18.4 Å². The van der Waals surface area contributed by atoms with Gasteiger partial charge in [0, 0.05) is 19.2 Å². The minimum atomic E-state index is -0.482. The van der Waals surface area contributed by atoms with Crippen LogP contribution in [0.4, 0.5) is 0 Å². The van der Waals surface area contributed by atoms with Crippen molar-refractivity contribution in [1.29, 1.82) is 0 Å². The third kappa shape index (κ3) is 4.72. The molecule has 1 aromatic rings. The molecule has 8 heteroatoms. The van der Waals surface area contributed by atoms with Crippen LogP contribution in [0.3, 0.4) is 0 Å². The molecular weight excluding hydrogens is 360 g/mol. The molecule has 0 aromatic heterocycles. The number of nitrogens with one attached hydrogen (secondary N) is 2. The predicted octanol–water partition coefficient (Wildman–Crippen LogP) is 1.77. The number of ether oxygens (including phenoxy) is 4. The van der Waals surface area contributed by atoms with Gasteiger partial charge in [0.1, 0.15) is 0 Å². The van der Waals surface area contributed by atoms with Gasteiger partial charge in [-0.25, -0.2) is 0 Å². The minimum absolute atomic E-state index is 0. The molecule has 1 aromatic carbocycles. The molecule has 1 heterocycles. The number of methoxy groups -OCH3 is 4. The standard InChI is InChI=1S/C18H28N2O5.ClH/c1-22-12-18(7-9-19-10-8-18)17(21)20-11-13-5-6-14(23-2)16(25-4)15(13)24-3;/h5-6,19H,7-12H2,1-4H3,(H,20,21);1H. The second-order valence-electron chi connectivity index (χ2n) is 6.14. The number of carbonyl (C=O) groups excluding carboxylic acids is 1. The van der Waals surface area contributed by atoms with Crippen molar-refractivity contribution in [3.8, 4) is 17.2 Å². The van der Waals surface area contributed by atoms with Crippen LogP contribution in [0.2, 0.25) is 0 Å². The Hall–Kier alpha value is -1.70. The Morgan fingerprint density at radius 1 is 1.08 bits per heavy atom. The third-order valence-corrected chi connectivity index (χ3v) is 4.69. The van der Waals surface area contributed by atoms with E-state index in [4.69, 9.17) is 18.9 Å². The van der Waals surface area contributed by atoms with E-state index in [9.17, 15) is 4.79 Å². The molecule has 0 saturated carbocycles. The number of benzene rings is 1. The molecule has 2 N–H and O–H groups in total. The molecule has 1 amide bonds. The highest BCUT2D eigenvalue weighted by Gasteiger charge is 2.39. The Kier molecular flexibility index (Phi) is 8.98. The number of piperidine rings is 1. The molecule has 0 unspecified atom stereocenters. The van der Waals surface area contributed by atoms with E-state index >= 15 is 0 Å². The second-order valence-corrected chi connectivity index (χ2v) is 6.14. The maximum atomic E-state index is 12.8. The van der Waals surface area contributed by atoms with E-state index in [2.05, 4.69) is 10.6 Å². The van der Waals surface area contributed by atoms with Crippen molar-refractivity contribution in [1.82, 2.24) is 10.6 Å². The van der Waals surface area contributed by atoms with Crippen LogP contribution in [0.25, 0.3) is 0 Å². The fourth-order valence-electron chi connectivity index (χ4n) is 3.28. The summed E-state index contributed by atoms with van der Waals surface area (Å²) in [5, 5.41) is 6.32. The summed E-state index contributed by atoms with van der Waals surface area (Å²) in [6.07, 6.45) is 1.52. The molecule has 1 saturated heterocycles. The second kappa shape index (κ2) is 10.4. The average Bonchev–Trinajstić information content (AvgIpc) is 2.65. The van der Waals surface area contributed by atoms with Crippen LogP contribution in [0.15, 0.2) is 12.1 Å². The first-order valence-electron chi connectivity index (χ1n) is 8.37. The largest absolute Gasteiger partial charge is 0.493 e. The minimum Gasteiger partial charge on any atom is -0.493 e. The van der Waals surface area contributed by atoms with Gasteiger partial charge in [-0.3, -0.25) is 4.79 Å². The molecule has 1 fully saturated rings. The molecule has 7 nitrogen and oxygen atoms in total. The summed E-state index contributed by atoms with van der Waals surface area (Å²) in [6.45, 7) is 2.40. The number of hydrogen-bond acceptors (Lipinski definition) is 6. The Bertz CT molecular complexity index is 586. The van der Waals surface area contributed by atoms with E-state index in [1.54, 1.807) is 34.5 Å². The lowest BCUT2D eigenvalue weighted by molar-refractivity contribution is -0.136. The van der Waals surface area contributed by atoms with Gasteiger partial charge in [0.2, 0.25) is 11.7 Å². The van der Waals surface area contributed by atoms with Crippen LogP contribution in [-0.4, -0.2) is 54.0 Å². The normalized spacial score (nSPS) is 15.5. The molecule has 0 atom stereocenters.